The Kier molecular flexibility index (Phi) is 4.10. The number of halogens is 1. The highest BCUT2D eigenvalue weighted by Gasteiger charge is 2.19. The maximum Gasteiger partial charge on any atom is 0.265 e. The molecular weight excluding hydrogens is 342 g/mol. The third-order valence-corrected chi connectivity index (χ3v) is 4.79. The smallest absolute Gasteiger partial charge is 0.236 e. The van der Waals surface area contributed by atoms with E-state index in [-0.39, 0.29) is 4.91 Å². The van der Waals surface area contributed by atoms with E-state index in [1.165, 1.54) is 12.4 Å². The third kappa shape index (κ3) is 2.83. The number of fused-ring (bicyclic) bond motifs is 1. The molecule has 0 aliphatic carbocycles. The molecule has 5 nitrogen and oxygen atoms in total. The molecule has 0 unspecified atom stereocenters. The number of aromatic nitrogens is 3. The zero-order valence-electron chi connectivity index (χ0n) is 11.3. The second-order valence-electron chi connectivity index (χ2n) is 4.54. The van der Waals surface area contributed by atoms with Crippen LogP contribution in [0.15, 0.2) is 45.7 Å². The fraction of sp³-hybridized carbons (Fsp3) is 0.231. The van der Waals surface area contributed by atoms with E-state index in [0.717, 1.165) is 9.55 Å². The van der Waals surface area contributed by atoms with Crippen molar-refractivity contribution in [2.24, 2.45) is 0 Å². The summed E-state index contributed by atoms with van der Waals surface area (Å²) in [6.07, 6.45) is 6.29. The van der Waals surface area contributed by atoms with Crippen LogP contribution >= 0.6 is 15.9 Å². The Hall–Kier alpha value is -1.47. The fourth-order valence-electron chi connectivity index (χ4n) is 1.58. The summed E-state index contributed by atoms with van der Waals surface area (Å²) in [6.45, 7) is 5.38. The second-order valence-corrected chi connectivity index (χ2v) is 7.34. The second kappa shape index (κ2) is 5.49. The highest BCUT2D eigenvalue weighted by molar-refractivity contribution is 9.10. The highest BCUT2D eigenvalue weighted by atomic mass is 79.9. The van der Waals surface area contributed by atoms with Crippen LogP contribution in [0.3, 0.4) is 0 Å². The zero-order chi connectivity index (χ0) is 14.9. The minimum Gasteiger partial charge on any atom is -0.236 e. The molecule has 20 heavy (non-hydrogen) atoms. The lowest BCUT2D eigenvalue weighted by Crippen LogP contribution is -2.13. The molecule has 0 aliphatic heterocycles. The minimum absolute atomic E-state index is 0.251. The van der Waals surface area contributed by atoms with Gasteiger partial charge in [-0.15, -0.1) is 0 Å². The molecule has 2 aromatic heterocycles. The number of nitrogens with zero attached hydrogens (tertiary/aromatic N) is 3. The quantitative estimate of drug-likeness (QED) is 0.792. The largest absolute Gasteiger partial charge is 0.265 e. The summed E-state index contributed by atoms with van der Waals surface area (Å²) in [5.74, 6) is 0. The van der Waals surface area contributed by atoms with E-state index in [2.05, 4.69) is 25.9 Å². The average Bonchev–Trinajstić information content (AvgIpc) is 2.79. The average molecular weight is 356 g/mol. The first-order valence-corrected chi connectivity index (χ1v) is 8.12. The first-order valence-electron chi connectivity index (χ1n) is 5.89. The van der Waals surface area contributed by atoms with E-state index in [0.29, 0.717) is 15.8 Å². The van der Waals surface area contributed by atoms with Crippen molar-refractivity contribution in [2.75, 3.05) is 0 Å². The normalized spacial score (nSPS) is 12.7. The van der Waals surface area contributed by atoms with Crippen molar-refractivity contribution in [3.63, 3.8) is 0 Å². The van der Waals surface area contributed by atoms with Crippen molar-refractivity contribution < 1.29 is 8.42 Å². The van der Waals surface area contributed by atoms with Crippen LogP contribution in [0.2, 0.25) is 0 Å². The number of hydrogen-bond acceptors (Lipinski definition) is 4. The molecule has 0 aliphatic rings. The van der Waals surface area contributed by atoms with Crippen LogP contribution < -0.4 is 0 Å². The maximum atomic E-state index is 12.5. The van der Waals surface area contributed by atoms with E-state index in [1.807, 2.05) is 13.8 Å². The summed E-state index contributed by atoms with van der Waals surface area (Å²) in [4.78, 5) is 8.55. The standard InChI is InChI=1S/C13H14BrN3O2S/c1-9(2)4-5-10(3)20(18,19)17-7-6-11-13(17)15-8-12(14)16-11/h4-8H,1-3H3/b10-5+. The van der Waals surface area contributed by atoms with Gasteiger partial charge in [-0.3, -0.25) is 0 Å². The summed E-state index contributed by atoms with van der Waals surface area (Å²) in [5.41, 5.74) is 1.87. The summed E-state index contributed by atoms with van der Waals surface area (Å²) in [6, 6.07) is 1.62. The van der Waals surface area contributed by atoms with E-state index in [4.69, 9.17) is 0 Å². The zero-order valence-corrected chi connectivity index (χ0v) is 13.7. The van der Waals surface area contributed by atoms with Gasteiger partial charge >= 0.3 is 0 Å². The lowest BCUT2D eigenvalue weighted by molar-refractivity contribution is 0.595. The van der Waals surface area contributed by atoms with Crippen molar-refractivity contribution in [1.82, 2.24) is 13.9 Å². The van der Waals surface area contributed by atoms with Crippen LogP contribution in [0.4, 0.5) is 0 Å². The van der Waals surface area contributed by atoms with Gasteiger partial charge in [0.2, 0.25) is 0 Å². The van der Waals surface area contributed by atoms with Crippen LogP contribution in [0.25, 0.3) is 11.2 Å². The first kappa shape index (κ1) is 14.9. The van der Waals surface area contributed by atoms with Crippen molar-refractivity contribution in [1.29, 1.82) is 0 Å². The van der Waals surface area contributed by atoms with Crippen LogP contribution in [0, 0.1) is 0 Å². The Labute approximate surface area is 126 Å². The Morgan fingerprint density at radius 3 is 2.65 bits per heavy atom. The Bertz CT molecular complexity index is 815. The summed E-state index contributed by atoms with van der Waals surface area (Å²) >= 11 is 3.21. The predicted molar refractivity (Wildman–Crippen MR) is 82.7 cm³/mol. The van der Waals surface area contributed by atoms with Gasteiger partial charge < -0.3 is 0 Å². The van der Waals surface area contributed by atoms with Crippen LogP contribution in [0.5, 0.6) is 0 Å². The van der Waals surface area contributed by atoms with Gasteiger partial charge in [0.1, 0.15) is 10.1 Å². The van der Waals surface area contributed by atoms with Gasteiger partial charge in [-0.25, -0.2) is 22.4 Å². The summed E-state index contributed by atoms with van der Waals surface area (Å²) < 4.78 is 26.7. The molecule has 0 N–H and O–H groups in total. The molecular formula is C13H14BrN3O2S. The van der Waals surface area contributed by atoms with E-state index < -0.39 is 10.0 Å². The van der Waals surface area contributed by atoms with Gasteiger partial charge in [-0.1, -0.05) is 11.6 Å². The predicted octanol–water partition coefficient (Wildman–Crippen LogP) is 3.24. The number of rotatable bonds is 3. The van der Waals surface area contributed by atoms with Crippen molar-refractivity contribution >= 4 is 37.1 Å². The van der Waals surface area contributed by atoms with E-state index in [1.54, 1.807) is 25.1 Å². The summed E-state index contributed by atoms with van der Waals surface area (Å²) in [7, 11) is -3.62. The van der Waals surface area contributed by atoms with Gasteiger partial charge in [0, 0.05) is 6.20 Å². The van der Waals surface area contributed by atoms with Crippen LogP contribution in [-0.4, -0.2) is 22.4 Å². The van der Waals surface area contributed by atoms with Crippen molar-refractivity contribution in [2.45, 2.75) is 20.8 Å². The molecule has 0 fully saturated rings. The molecule has 0 atom stereocenters. The van der Waals surface area contributed by atoms with Crippen molar-refractivity contribution in [3.8, 4) is 0 Å². The lowest BCUT2D eigenvalue weighted by Gasteiger charge is -2.06. The molecule has 0 saturated carbocycles. The fourth-order valence-corrected chi connectivity index (χ4v) is 3.02. The Morgan fingerprint density at radius 2 is 2.00 bits per heavy atom. The monoisotopic (exact) mass is 355 g/mol. The third-order valence-electron chi connectivity index (χ3n) is 2.64. The summed E-state index contributed by atoms with van der Waals surface area (Å²) in [5, 5.41) is 0. The first-order chi connectivity index (χ1) is 9.32. The molecule has 0 aromatic carbocycles. The molecule has 7 heteroatoms. The molecule has 0 radical (unpaired) electrons. The number of hydrogen-bond donors (Lipinski definition) is 0. The van der Waals surface area contributed by atoms with Gasteiger partial charge in [-0.2, -0.15) is 0 Å². The molecule has 2 rings (SSSR count). The van der Waals surface area contributed by atoms with Crippen LogP contribution in [-0.2, 0) is 10.0 Å². The Balaban J connectivity index is 2.58. The molecule has 0 saturated heterocycles. The molecule has 0 bridgehead atoms. The van der Waals surface area contributed by atoms with Gasteiger partial charge in [-0.05, 0) is 48.8 Å². The van der Waals surface area contributed by atoms with E-state index in [9.17, 15) is 8.42 Å². The van der Waals surface area contributed by atoms with Crippen molar-refractivity contribution in [3.05, 3.63) is 45.7 Å². The molecule has 2 heterocycles. The lowest BCUT2D eigenvalue weighted by atomic mass is 10.3. The van der Waals surface area contributed by atoms with E-state index >= 15 is 0 Å². The minimum atomic E-state index is -3.62. The van der Waals surface area contributed by atoms with Gasteiger partial charge in [0.05, 0.1) is 11.1 Å². The molecule has 0 amide bonds. The molecule has 106 valence electrons. The maximum absolute atomic E-state index is 12.5. The van der Waals surface area contributed by atoms with Crippen LogP contribution in [0.1, 0.15) is 20.8 Å². The molecule has 0 spiro atoms. The van der Waals surface area contributed by atoms with Gasteiger partial charge in [0.25, 0.3) is 10.0 Å². The van der Waals surface area contributed by atoms with Gasteiger partial charge in [0.15, 0.2) is 5.65 Å². The Morgan fingerprint density at radius 1 is 1.30 bits per heavy atom. The number of allylic oxidation sites excluding steroid dienone is 4. The SMILES string of the molecule is CC(C)=C/C=C(\C)S(=O)(=O)n1ccc2nc(Br)cnc21. The topological polar surface area (TPSA) is 64.8 Å². The molecule has 2 aromatic rings. The highest BCUT2D eigenvalue weighted by Crippen LogP contribution is 2.19.